The molecule has 0 unspecified atom stereocenters. The Labute approximate surface area is 39.8 Å². The van der Waals surface area contributed by atoms with Crippen LogP contribution >= 0.6 is 0 Å². The molecule has 0 aliphatic carbocycles. The van der Waals surface area contributed by atoms with Gasteiger partial charge >= 0.3 is 0 Å². The van der Waals surface area contributed by atoms with Gasteiger partial charge in [-0.05, 0) is 0 Å². The Kier molecular flexibility index (Phi) is 4.75. The van der Waals surface area contributed by atoms with Crippen LogP contribution in [0.15, 0.2) is 0 Å². The molecule has 0 aliphatic rings. The van der Waals surface area contributed by atoms with Crippen LogP contribution in [0.25, 0.3) is 0 Å². The summed E-state index contributed by atoms with van der Waals surface area (Å²) in [5.74, 6) is 0. The lowest BCUT2D eigenvalue weighted by Gasteiger charge is -2.06. The van der Waals surface area contributed by atoms with Crippen molar-refractivity contribution in [2.45, 2.75) is 0 Å². The second-order valence-electron chi connectivity index (χ2n) is 0.408. The maximum absolute atomic E-state index is 8.52. The van der Waals surface area contributed by atoms with Gasteiger partial charge in [0.05, 0.1) is 5.39 Å². The molecule has 0 aromatic heterocycles. The highest BCUT2D eigenvalue weighted by Crippen LogP contribution is 1.57. The van der Waals surface area contributed by atoms with Crippen LogP contribution in [-0.2, 0) is 10.4 Å². The largest absolute Gasteiger partial charge is 0.759 e. The average Bonchev–Trinajstić information content (AvgIpc) is 1.36. The Morgan fingerprint density at radius 1 is 1.29 bits per heavy atom. The zero-order chi connectivity index (χ0) is 6.50. The van der Waals surface area contributed by atoms with E-state index in [-0.39, 0.29) is 0 Å². The number of nitrogens with zero attached hydrogens (tertiary/aromatic N) is 1. The normalized spacial score (nSPS) is 8.57. The van der Waals surface area contributed by atoms with E-state index in [4.69, 9.17) is 28.3 Å². The van der Waals surface area contributed by atoms with Crippen molar-refractivity contribution in [1.29, 1.82) is 5.39 Å². The summed E-state index contributed by atoms with van der Waals surface area (Å²) in [6.45, 7) is 0. The quantitative estimate of drug-likeness (QED) is 0.209. The molecule has 0 atom stereocenters. The smallest absolute Gasteiger partial charge is 0.212 e. The van der Waals surface area contributed by atoms with E-state index in [0.29, 0.717) is 0 Å². The van der Waals surface area contributed by atoms with Crippen molar-refractivity contribution in [1.82, 2.24) is 0 Å². The van der Waals surface area contributed by atoms with Crippen LogP contribution in [0, 0.1) is 5.39 Å². The summed E-state index contributed by atoms with van der Waals surface area (Å²) >= 11 is 0. The van der Waals surface area contributed by atoms with Crippen LogP contribution < -0.4 is 5.39 Å². The van der Waals surface area contributed by atoms with Gasteiger partial charge in [-0.2, -0.15) is 0 Å². The highest BCUT2D eigenvalue weighted by molar-refractivity contribution is 7.79. The third-order valence-corrected chi connectivity index (χ3v) is 0. The maximum atomic E-state index is 8.52. The minimum absolute atomic E-state index is 4.75. The van der Waals surface area contributed by atoms with Gasteiger partial charge in [0.1, 0.15) is 0 Å². The van der Waals surface area contributed by atoms with Crippen LogP contribution in [0.1, 0.15) is 0 Å². The molecule has 0 spiro atoms. The van der Waals surface area contributed by atoms with E-state index < -0.39 is 10.4 Å². The number of hydrogen-bond donors (Lipinski definition) is 1. The molecule has 1 N–H and O–H groups in total. The van der Waals surface area contributed by atoms with Gasteiger partial charge in [0.15, 0.2) is 0 Å². The molecule has 0 radical (unpaired) electrons. The summed E-state index contributed by atoms with van der Waals surface area (Å²) in [6, 6.07) is 0. The Hall–Kier alpha value is -0.710. The molecule has 0 heterocycles. The van der Waals surface area contributed by atoms with Crippen molar-refractivity contribution in [2.24, 2.45) is 0 Å². The van der Waals surface area contributed by atoms with E-state index >= 15 is 0 Å². The lowest BCUT2D eigenvalue weighted by Crippen LogP contribution is -2.11. The molecule has 7 heavy (non-hydrogen) atoms. The van der Waals surface area contributed by atoms with E-state index in [1.807, 2.05) is 0 Å². The van der Waals surface area contributed by atoms with Gasteiger partial charge in [0, 0.05) is 10.4 Å². The molecule has 6 nitrogen and oxygen atoms in total. The second kappa shape index (κ2) is 3.48. The van der Waals surface area contributed by atoms with Crippen LogP contribution in [-0.4, -0.2) is 17.5 Å². The fourth-order valence-electron chi connectivity index (χ4n) is 0. The minimum Gasteiger partial charge on any atom is -0.759 e. The van der Waals surface area contributed by atoms with Gasteiger partial charge in [-0.15, -0.1) is 0 Å². The predicted molar refractivity (Wildman–Crippen MR) is 13.2 cm³/mol. The van der Waals surface area contributed by atoms with Gasteiger partial charge < -0.3 is 9.11 Å². The molecule has 0 aromatic carbocycles. The van der Waals surface area contributed by atoms with Crippen LogP contribution in [0.4, 0.5) is 0 Å². The van der Waals surface area contributed by atoms with Gasteiger partial charge in [0.25, 0.3) is 0 Å². The summed E-state index contributed by atoms with van der Waals surface area (Å²) in [5, 5.41) is 11.0. The van der Waals surface area contributed by atoms with Crippen molar-refractivity contribution in [3.8, 4) is 0 Å². The molecule has 0 saturated heterocycles. The molecule has 0 rings (SSSR count). The summed E-state index contributed by atoms with van der Waals surface area (Å²) in [5.41, 5.74) is 0. The van der Waals surface area contributed by atoms with E-state index in [1.54, 1.807) is 0 Å². The number of rotatable bonds is 0. The molecule has 0 amide bonds. The second-order valence-corrected chi connectivity index (χ2v) is 1.22. The third-order valence-electron chi connectivity index (χ3n) is 0. The zero-order valence-electron chi connectivity index (χ0n) is 2.99. The SMILES string of the molecule is N#[NH+].O=S(=O)([O-])[O-]. The van der Waals surface area contributed by atoms with E-state index in [2.05, 4.69) is 0 Å². The van der Waals surface area contributed by atoms with E-state index in [1.165, 1.54) is 0 Å². The predicted octanol–water partition coefficient (Wildman–Crippen LogP) is -3.06. The fourth-order valence-corrected chi connectivity index (χ4v) is 0. The lowest BCUT2D eigenvalue weighted by molar-refractivity contribution is -0.175. The summed E-state index contributed by atoms with van der Waals surface area (Å²) in [6.07, 6.45) is 0. The summed E-state index contributed by atoms with van der Waals surface area (Å²) in [7, 11) is -5.17. The van der Waals surface area contributed by atoms with E-state index in [0.717, 1.165) is 0 Å². The topological polar surface area (TPSA) is 128 Å². The molecule has 0 bridgehead atoms. The van der Waals surface area contributed by atoms with Crippen LogP contribution in [0.2, 0.25) is 0 Å². The maximum Gasteiger partial charge on any atom is 0.212 e. The monoisotopic (exact) mass is 125 g/mol. The van der Waals surface area contributed by atoms with Crippen LogP contribution in [0.3, 0.4) is 0 Å². The molecule has 42 valence electrons. The lowest BCUT2D eigenvalue weighted by atomic mass is 13.4. The Morgan fingerprint density at radius 2 is 1.29 bits per heavy atom. The third kappa shape index (κ3) is 114. The first kappa shape index (κ1) is 9.56. The Balaban J connectivity index is 0. The highest BCUT2D eigenvalue weighted by atomic mass is 32.3. The van der Waals surface area contributed by atoms with Crippen molar-refractivity contribution < 1.29 is 22.9 Å². The zero-order valence-corrected chi connectivity index (χ0v) is 3.80. The first-order valence-electron chi connectivity index (χ1n) is 0.890. The van der Waals surface area contributed by atoms with Crippen LogP contribution in [0.5, 0.6) is 0 Å². The van der Waals surface area contributed by atoms with E-state index in [9.17, 15) is 0 Å². The highest BCUT2D eigenvalue weighted by Gasteiger charge is 1.49. The molecule has 0 aliphatic heterocycles. The minimum atomic E-state index is -5.17. The molecular formula is HN2O4S-. The molecule has 0 fully saturated rings. The van der Waals surface area contributed by atoms with Crippen molar-refractivity contribution in [3.63, 3.8) is 0 Å². The van der Waals surface area contributed by atoms with Crippen molar-refractivity contribution >= 4 is 10.4 Å². The summed E-state index contributed by atoms with van der Waals surface area (Å²) in [4.78, 5) is 0. The average molecular weight is 125 g/mol. The molecule has 0 aromatic rings. The molecular weight excluding hydrogens is 124 g/mol. The number of nitrogens with one attached hydrogen (secondary N) is 1. The van der Waals surface area contributed by atoms with Gasteiger partial charge in [-0.25, -0.2) is 0 Å². The Morgan fingerprint density at radius 3 is 1.29 bits per heavy atom. The number of diazo groups is 1. The summed E-state index contributed by atoms with van der Waals surface area (Å²) < 4.78 is 34.1. The van der Waals surface area contributed by atoms with Gasteiger partial charge in [0.2, 0.25) is 5.39 Å². The standard InChI is InChI=1S/N2.H2O4S/c1-2;1-5(2,3)4/h;(H2,1,2,3,4)/p-1. The molecule has 7 heteroatoms. The number of hydrogen-bond acceptors (Lipinski definition) is 5. The molecule has 0 saturated carbocycles. The first-order chi connectivity index (χ1) is 3.00. The van der Waals surface area contributed by atoms with Gasteiger partial charge in [-0.3, -0.25) is 8.42 Å². The van der Waals surface area contributed by atoms with Gasteiger partial charge in [-0.1, -0.05) is 0 Å². The Bertz CT molecular complexity index is 121. The fraction of sp³-hybridized carbons (Fsp3) is 0. The first-order valence-corrected chi connectivity index (χ1v) is 2.22. The van der Waals surface area contributed by atoms with Crippen molar-refractivity contribution in [3.05, 3.63) is 0 Å². The van der Waals surface area contributed by atoms with Crippen molar-refractivity contribution in [2.75, 3.05) is 0 Å².